The summed E-state index contributed by atoms with van der Waals surface area (Å²) in [5, 5.41) is 0. The van der Waals surface area contributed by atoms with Gasteiger partial charge in [0.1, 0.15) is 0 Å². The molecule has 0 bridgehead atoms. The summed E-state index contributed by atoms with van der Waals surface area (Å²) in [6, 6.07) is 0. The van der Waals surface area contributed by atoms with Gasteiger partial charge in [0.2, 0.25) is 0 Å². The van der Waals surface area contributed by atoms with Crippen LogP contribution in [0.1, 0.15) is 13.8 Å². The minimum Gasteiger partial charge on any atom is -0.432 e. The highest BCUT2D eigenvalue weighted by Crippen LogP contribution is 2.28. The third-order valence-electron chi connectivity index (χ3n) is 2.04. The predicted molar refractivity (Wildman–Crippen MR) is 45.5 cm³/mol. The molecule has 0 saturated carbocycles. The Kier molecular flexibility index (Phi) is 2.01. The molecule has 1 aliphatic heterocycles. The molecule has 1 rings (SSSR count). The third kappa shape index (κ3) is 1.38. The Hall–Kier alpha value is -1.17. The van der Waals surface area contributed by atoms with Crippen molar-refractivity contribution in [3.63, 3.8) is 0 Å². The van der Waals surface area contributed by atoms with Crippen molar-refractivity contribution < 1.29 is 9.53 Å². The molecular formula is C9H13NO2. The molecule has 1 amide bonds. The zero-order valence-electron chi connectivity index (χ0n) is 7.63. The molecule has 1 fully saturated rings. The summed E-state index contributed by atoms with van der Waals surface area (Å²) in [6.07, 6.45) is 4.50. The van der Waals surface area contributed by atoms with E-state index in [0.29, 0.717) is 6.54 Å². The smallest absolute Gasteiger partial charge is 0.410 e. The second kappa shape index (κ2) is 2.71. The summed E-state index contributed by atoms with van der Waals surface area (Å²) < 4.78 is 5.01. The van der Waals surface area contributed by atoms with Crippen molar-refractivity contribution in [3.05, 3.63) is 0 Å². The van der Waals surface area contributed by atoms with Crippen LogP contribution in [0.5, 0.6) is 0 Å². The summed E-state index contributed by atoms with van der Waals surface area (Å²) >= 11 is 0. The van der Waals surface area contributed by atoms with Crippen molar-refractivity contribution in [2.45, 2.75) is 20.0 Å². The molecule has 1 saturated heterocycles. The van der Waals surface area contributed by atoms with Gasteiger partial charge < -0.3 is 9.64 Å². The molecule has 1 atom stereocenters. The fourth-order valence-corrected chi connectivity index (χ4v) is 1.37. The number of hydrogen-bond acceptors (Lipinski definition) is 2. The van der Waals surface area contributed by atoms with E-state index in [2.05, 4.69) is 5.92 Å². The monoisotopic (exact) mass is 167 g/mol. The van der Waals surface area contributed by atoms with E-state index >= 15 is 0 Å². The number of carbonyl (C=O) groups excluding carboxylic acids is 1. The number of cyclic esters (lactones) is 1. The maximum atomic E-state index is 11.1. The number of nitrogens with zero attached hydrogens (tertiary/aromatic N) is 1. The van der Waals surface area contributed by atoms with Gasteiger partial charge in [-0.25, -0.2) is 4.79 Å². The molecule has 1 heterocycles. The van der Waals surface area contributed by atoms with Gasteiger partial charge in [-0.05, 0) is 0 Å². The zero-order chi connectivity index (χ0) is 9.35. The molecule has 1 aliphatic rings. The van der Waals surface area contributed by atoms with Crippen molar-refractivity contribution in [2.75, 3.05) is 13.6 Å². The molecule has 0 aliphatic carbocycles. The molecule has 66 valence electrons. The maximum Gasteiger partial charge on any atom is 0.410 e. The lowest BCUT2D eigenvalue weighted by molar-refractivity contribution is -0.0147. The fourth-order valence-electron chi connectivity index (χ4n) is 1.37. The van der Waals surface area contributed by atoms with Gasteiger partial charge in [-0.2, -0.15) is 0 Å². The Bertz CT molecular complexity index is 239. The quantitative estimate of drug-likeness (QED) is 0.505. The number of ether oxygens (including phenoxy) is 1. The molecular weight excluding hydrogens is 154 g/mol. The van der Waals surface area contributed by atoms with Crippen LogP contribution in [0.2, 0.25) is 0 Å². The van der Waals surface area contributed by atoms with Crippen LogP contribution in [0.25, 0.3) is 0 Å². The Balaban J connectivity index is 2.81. The van der Waals surface area contributed by atoms with Crippen LogP contribution in [0.15, 0.2) is 0 Å². The number of carbonyl (C=O) groups is 1. The van der Waals surface area contributed by atoms with E-state index in [9.17, 15) is 4.79 Å². The first-order valence-corrected chi connectivity index (χ1v) is 3.85. The van der Waals surface area contributed by atoms with Crippen LogP contribution in [0, 0.1) is 17.8 Å². The van der Waals surface area contributed by atoms with Crippen LogP contribution >= 0.6 is 0 Å². The molecule has 0 spiro atoms. The average molecular weight is 167 g/mol. The van der Waals surface area contributed by atoms with E-state index in [4.69, 9.17) is 11.2 Å². The van der Waals surface area contributed by atoms with E-state index in [1.54, 1.807) is 7.05 Å². The van der Waals surface area contributed by atoms with Crippen molar-refractivity contribution in [1.82, 2.24) is 4.90 Å². The van der Waals surface area contributed by atoms with E-state index in [0.717, 1.165) is 0 Å². The maximum absolute atomic E-state index is 11.1. The first kappa shape index (κ1) is 8.92. The van der Waals surface area contributed by atoms with Crippen LogP contribution in [-0.4, -0.2) is 30.7 Å². The van der Waals surface area contributed by atoms with Gasteiger partial charge >= 0.3 is 6.09 Å². The number of hydrogen-bond donors (Lipinski definition) is 0. The molecule has 0 aromatic carbocycles. The van der Waals surface area contributed by atoms with Gasteiger partial charge in [0.15, 0.2) is 6.10 Å². The highest BCUT2D eigenvalue weighted by molar-refractivity contribution is 5.69. The fraction of sp³-hybridized carbons (Fsp3) is 0.667. The number of rotatable bonds is 0. The lowest BCUT2D eigenvalue weighted by Gasteiger charge is -2.39. The largest absolute Gasteiger partial charge is 0.432 e. The zero-order valence-corrected chi connectivity index (χ0v) is 7.63. The van der Waals surface area contributed by atoms with Crippen LogP contribution < -0.4 is 0 Å². The van der Waals surface area contributed by atoms with E-state index in [1.165, 1.54) is 4.90 Å². The van der Waals surface area contributed by atoms with E-state index in [1.807, 2.05) is 13.8 Å². The Morgan fingerprint density at radius 1 is 1.75 bits per heavy atom. The Morgan fingerprint density at radius 3 is 2.83 bits per heavy atom. The van der Waals surface area contributed by atoms with E-state index in [-0.39, 0.29) is 11.5 Å². The summed E-state index contributed by atoms with van der Waals surface area (Å²) in [5.41, 5.74) is -0.155. The molecule has 0 aromatic heterocycles. The van der Waals surface area contributed by atoms with Gasteiger partial charge in [-0.3, -0.25) is 0 Å². The molecule has 0 aromatic rings. The van der Waals surface area contributed by atoms with Crippen LogP contribution in [0.4, 0.5) is 4.79 Å². The standard InChI is InChI=1S/C9H13NO2/c1-5-7-9(2,3)6-10(4)8(11)12-7/h1,7H,6H2,2-4H3. The highest BCUT2D eigenvalue weighted by atomic mass is 16.6. The minimum absolute atomic E-state index is 0.155. The normalized spacial score (nSPS) is 27.7. The van der Waals surface area contributed by atoms with Crippen molar-refractivity contribution >= 4 is 6.09 Å². The van der Waals surface area contributed by atoms with Crippen LogP contribution in [0.3, 0.4) is 0 Å². The lowest BCUT2D eigenvalue weighted by Crippen LogP contribution is -2.50. The Labute approximate surface area is 72.7 Å². The highest BCUT2D eigenvalue weighted by Gasteiger charge is 2.38. The lowest BCUT2D eigenvalue weighted by atomic mass is 9.85. The summed E-state index contributed by atoms with van der Waals surface area (Å²) in [4.78, 5) is 12.6. The van der Waals surface area contributed by atoms with Gasteiger partial charge in [0.25, 0.3) is 0 Å². The SMILES string of the molecule is C#CC1OC(=O)N(C)CC1(C)C. The second-order valence-electron chi connectivity index (χ2n) is 3.78. The third-order valence-corrected chi connectivity index (χ3v) is 2.04. The van der Waals surface area contributed by atoms with Gasteiger partial charge in [0, 0.05) is 19.0 Å². The van der Waals surface area contributed by atoms with Crippen LogP contribution in [-0.2, 0) is 4.74 Å². The minimum atomic E-state index is -0.402. The topological polar surface area (TPSA) is 29.5 Å². The van der Waals surface area contributed by atoms with Gasteiger partial charge in [-0.15, -0.1) is 6.42 Å². The van der Waals surface area contributed by atoms with Crippen molar-refractivity contribution in [2.24, 2.45) is 5.41 Å². The summed E-state index contributed by atoms with van der Waals surface area (Å²) in [6.45, 7) is 4.61. The van der Waals surface area contributed by atoms with Gasteiger partial charge in [0.05, 0.1) is 0 Å². The average Bonchev–Trinajstić information content (AvgIpc) is 1.96. The van der Waals surface area contributed by atoms with Gasteiger partial charge in [-0.1, -0.05) is 19.8 Å². The first-order valence-electron chi connectivity index (χ1n) is 3.85. The molecule has 1 unspecified atom stereocenters. The summed E-state index contributed by atoms with van der Waals surface area (Å²) in [7, 11) is 1.71. The summed E-state index contributed by atoms with van der Waals surface area (Å²) in [5.74, 6) is 2.48. The molecule has 0 radical (unpaired) electrons. The molecule has 3 heteroatoms. The van der Waals surface area contributed by atoms with Crippen molar-refractivity contribution in [1.29, 1.82) is 0 Å². The predicted octanol–water partition coefficient (Wildman–Crippen LogP) is 1.10. The first-order chi connectivity index (χ1) is 5.47. The van der Waals surface area contributed by atoms with Crippen molar-refractivity contribution in [3.8, 4) is 12.3 Å². The number of amides is 1. The Morgan fingerprint density at radius 2 is 2.33 bits per heavy atom. The second-order valence-corrected chi connectivity index (χ2v) is 3.78. The molecule has 0 N–H and O–H groups in total. The molecule has 12 heavy (non-hydrogen) atoms. The molecule has 3 nitrogen and oxygen atoms in total. The number of terminal acetylenes is 1. The van der Waals surface area contributed by atoms with E-state index < -0.39 is 6.10 Å².